The first-order valence-corrected chi connectivity index (χ1v) is 5.93. The van der Waals surface area contributed by atoms with E-state index < -0.39 is 11.5 Å². The molecule has 98 valence electrons. The molecule has 0 aromatic heterocycles. The summed E-state index contributed by atoms with van der Waals surface area (Å²) in [5.41, 5.74) is -1.11. The maximum absolute atomic E-state index is 11.8. The van der Waals surface area contributed by atoms with E-state index in [0.717, 1.165) is 12.8 Å². The first kappa shape index (κ1) is 14.0. The largest absolute Gasteiger partial charge is 0.480 e. The first-order valence-electron chi connectivity index (χ1n) is 5.93. The predicted octanol–water partition coefficient (Wildman–Crippen LogP) is 1.03. The minimum Gasteiger partial charge on any atom is -0.480 e. The summed E-state index contributed by atoms with van der Waals surface area (Å²) in [5.74, 6) is -1.00. The zero-order chi connectivity index (χ0) is 13.1. The van der Waals surface area contributed by atoms with Gasteiger partial charge in [0.2, 0.25) is 5.91 Å². The van der Waals surface area contributed by atoms with Crippen LogP contribution in [0.1, 0.15) is 33.1 Å². The van der Waals surface area contributed by atoms with Crippen LogP contribution in [0.3, 0.4) is 0 Å². The topological polar surface area (TPSA) is 75.6 Å². The van der Waals surface area contributed by atoms with Crippen LogP contribution < -0.4 is 5.32 Å². The molecule has 2 atom stereocenters. The highest BCUT2D eigenvalue weighted by Gasteiger charge is 2.48. The van der Waals surface area contributed by atoms with Gasteiger partial charge in [-0.25, -0.2) is 4.79 Å². The molecular formula is C12H21NO4. The van der Waals surface area contributed by atoms with E-state index in [9.17, 15) is 14.7 Å². The summed E-state index contributed by atoms with van der Waals surface area (Å²) in [4.78, 5) is 23.0. The van der Waals surface area contributed by atoms with Gasteiger partial charge < -0.3 is 15.2 Å². The van der Waals surface area contributed by atoms with Crippen molar-refractivity contribution in [3.8, 4) is 0 Å². The number of carbonyl (C=O) groups is 2. The van der Waals surface area contributed by atoms with Crippen LogP contribution in [-0.2, 0) is 14.3 Å². The molecule has 0 aliphatic heterocycles. The maximum Gasteiger partial charge on any atom is 0.329 e. The van der Waals surface area contributed by atoms with E-state index in [1.54, 1.807) is 14.0 Å². The molecule has 0 aromatic rings. The average Bonchev–Trinajstić information content (AvgIpc) is 2.99. The second-order valence-electron chi connectivity index (χ2n) is 5.09. The van der Waals surface area contributed by atoms with E-state index in [0.29, 0.717) is 13.0 Å². The lowest BCUT2D eigenvalue weighted by Gasteiger charge is -2.26. The summed E-state index contributed by atoms with van der Waals surface area (Å²) >= 11 is 0. The SMILES string of the molecule is COCC(C)CC(=O)NC(C)(C(=O)O)C1CC1. The Balaban J connectivity index is 2.50. The number of carboxylic acids is 1. The van der Waals surface area contributed by atoms with Crippen LogP contribution in [0.15, 0.2) is 0 Å². The standard InChI is InChI=1S/C12H21NO4/c1-8(7-17-3)6-10(14)13-12(2,11(15)16)9-4-5-9/h8-9H,4-7H2,1-3H3,(H,13,14)(H,15,16). The van der Waals surface area contributed by atoms with Gasteiger partial charge in [-0.3, -0.25) is 4.79 Å². The van der Waals surface area contributed by atoms with Crippen molar-refractivity contribution in [1.29, 1.82) is 0 Å². The zero-order valence-corrected chi connectivity index (χ0v) is 10.7. The molecule has 2 unspecified atom stereocenters. The van der Waals surface area contributed by atoms with Gasteiger partial charge >= 0.3 is 5.97 Å². The minimum absolute atomic E-state index is 0.0710. The number of hydrogen-bond acceptors (Lipinski definition) is 3. The zero-order valence-electron chi connectivity index (χ0n) is 10.7. The summed E-state index contributed by atoms with van der Waals surface area (Å²) in [5, 5.41) is 11.8. The van der Waals surface area contributed by atoms with Gasteiger partial charge in [-0.2, -0.15) is 0 Å². The quantitative estimate of drug-likeness (QED) is 0.700. The number of amides is 1. The number of hydrogen-bond donors (Lipinski definition) is 2. The lowest BCUT2D eigenvalue weighted by Crippen LogP contribution is -2.54. The molecule has 0 saturated heterocycles. The minimum atomic E-state index is -1.11. The number of carbonyl (C=O) groups excluding carboxylic acids is 1. The van der Waals surface area contributed by atoms with Gasteiger partial charge in [0.1, 0.15) is 5.54 Å². The average molecular weight is 243 g/mol. The van der Waals surface area contributed by atoms with Gasteiger partial charge in [-0.1, -0.05) is 6.92 Å². The van der Waals surface area contributed by atoms with Crippen LogP contribution >= 0.6 is 0 Å². The van der Waals surface area contributed by atoms with E-state index >= 15 is 0 Å². The molecule has 1 rings (SSSR count). The summed E-state index contributed by atoms with van der Waals surface area (Å²) in [6, 6.07) is 0. The number of ether oxygens (including phenoxy) is 1. The summed E-state index contributed by atoms with van der Waals surface area (Å²) in [6.07, 6.45) is 2.04. The van der Waals surface area contributed by atoms with Crippen molar-refractivity contribution in [1.82, 2.24) is 5.32 Å². The van der Waals surface area contributed by atoms with Gasteiger partial charge in [0.25, 0.3) is 0 Å². The Morgan fingerprint density at radius 1 is 1.53 bits per heavy atom. The Labute approximate surface area is 102 Å². The molecule has 0 spiro atoms. The number of methoxy groups -OCH3 is 1. The van der Waals surface area contributed by atoms with Crippen LogP contribution in [0.4, 0.5) is 0 Å². The molecule has 1 aliphatic rings. The summed E-state index contributed by atoms with van der Waals surface area (Å²) in [6.45, 7) is 3.99. The van der Waals surface area contributed by atoms with Crippen molar-refractivity contribution in [2.45, 2.75) is 38.6 Å². The summed E-state index contributed by atoms with van der Waals surface area (Å²) in [7, 11) is 1.58. The molecule has 1 fully saturated rings. The van der Waals surface area contributed by atoms with Crippen molar-refractivity contribution in [2.75, 3.05) is 13.7 Å². The third-order valence-electron chi connectivity index (χ3n) is 3.22. The molecule has 1 amide bonds. The molecule has 0 heterocycles. The van der Waals surface area contributed by atoms with Crippen molar-refractivity contribution in [3.63, 3.8) is 0 Å². The Hall–Kier alpha value is -1.10. The number of nitrogens with one attached hydrogen (secondary N) is 1. The van der Waals surface area contributed by atoms with Gasteiger partial charge in [0, 0.05) is 20.1 Å². The molecule has 1 saturated carbocycles. The highest BCUT2D eigenvalue weighted by Crippen LogP contribution is 2.39. The first-order chi connectivity index (χ1) is 7.90. The highest BCUT2D eigenvalue weighted by atomic mass is 16.5. The van der Waals surface area contributed by atoms with Crippen molar-refractivity contribution < 1.29 is 19.4 Å². The fourth-order valence-electron chi connectivity index (χ4n) is 1.99. The van der Waals surface area contributed by atoms with Crippen LogP contribution in [-0.4, -0.2) is 36.2 Å². The smallest absolute Gasteiger partial charge is 0.329 e. The third kappa shape index (κ3) is 3.70. The van der Waals surface area contributed by atoms with Gasteiger partial charge in [0.15, 0.2) is 0 Å². The molecule has 17 heavy (non-hydrogen) atoms. The Bertz CT molecular complexity index is 301. The van der Waals surface area contributed by atoms with Gasteiger partial charge in [0.05, 0.1) is 0 Å². The maximum atomic E-state index is 11.8. The van der Waals surface area contributed by atoms with E-state index in [1.165, 1.54) is 0 Å². The number of rotatable bonds is 7. The van der Waals surface area contributed by atoms with E-state index in [1.807, 2.05) is 6.92 Å². The van der Waals surface area contributed by atoms with Crippen LogP contribution in [0.2, 0.25) is 0 Å². The fourth-order valence-corrected chi connectivity index (χ4v) is 1.99. The normalized spacial score (nSPS) is 20.4. The highest BCUT2D eigenvalue weighted by molar-refractivity contribution is 5.87. The fraction of sp³-hybridized carbons (Fsp3) is 0.833. The molecule has 1 aliphatic carbocycles. The van der Waals surface area contributed by atoms with E-state index in [4.69, 9.17) is 4.74 Å². The van der Waals surface area contributed by atoms with Crippen molar-refractivity contribution in [2.24, 2.45) is 11.8 Å². The molecule has 5 heteroatoms. The lowest BCUT2D eigenvalue weighted by atomic mass is 9.95. The van der Waals surface area contributed by atoms with Crippen LogP contribution in [0.25, 0.3) is 0 Å². The number of carboxylic acid groups (broad SMARTS) is 1. The molecule has 2 N–H and O–H groups in total. The molecular weight excluding hydrogens is 222 g/mol. The van der Waals surface area contributed by atoms with Gasteiger partial charge in [-0.15, -0.1) is 0 Å². The number of aliphatic carboxylic acids is 1. The van der Waals surface area contributed by atoms with Crippen LogP contribution in [0, 0.1) is 11.8 Å². The Kier molecular flexibility index (Phi) is 4.51. The second-order valence-corrected chi connectivity index (χ2v) is 5.09. The molecule has 0 aromatic carbocycles. The lowest BCUT2D eigenvalue weighted by molar-refractivity contribution is -0.148. The Morgan fingerprint density at radius 3 is 2.53 bits per heavy atom. The predicted molar refractivity (Wildman–Crippen MR) is 62.6 cm³/mol. The second kappa shape index (κ2) is 5.49. The van der Waals surface area contributed by atoms with Crippen LogP contribution in [0.5, 0.6) is 0 Å². The van der Waals surface area contributed by atoms with E-state index in [2.05, 4.69) is 5.32 Å². The van der Waals surface area contributed by atoms with Gasteiger partial charge in [-0.05, 0) is 31.6 Å². The molecule has 0 radical (unpaired) electrons. The third-order valence-corrected chi connectivity index (χ3v) is 3.22. The summed E-state index contributed by atoms with van der Waals surface area (Å²) < 4.78 is 4.95. The Morgan fingerprint density at radius 2 is 2.12 bits per heavy atom. The monoisotopic (exact) mass is 243 g/mol. The molecule has 0 bridgehead atoms. The van der Waals surface area contributed by atoms with Crippen molar-refractivity contribution >= 4 is 11.9 Å². The molecule has 5 nitrogen and oxygen atoms in total. The van der Waals surface area contributed by atoms with E-state index in [-0.39, 0.29) is 17.7 Å². The van der Waals surface area contributed by atoms with Crippen molar-refractivity contribution in [3.05, 3.63) is 0 Å².